The number of hydrogen-bond acceptors (Lipinski definition) is 6. The van der Waals surface area contributed by atoms with Crippen LogP contribution >= 0.6 is 0 Å². The molecule has 10 heteroatoms. The maximum atomic E-state index is 5.02. The van der Waals surface area contributed by atoms with Gasteiger partial charge in [0.1, 0.15) is 0 Å². The summed E-state index contributed by atoms with van der Waals surface area (Å²) in [6.45, 7) is 0. The van der Waals surface area contributed by atoms with E-state index < -0.39 is 0 Å². The fourth-order valence-electron chi connectivity index (χ4n) is 16.4. The molecule has 0 aliphatic rings. The first-order chi connectivity index (χ1) is 55.5. The summed E-state index contributed by atoms with van der Waals surface area (Å²) in [5.41, 5.74) is 24.2. The van der Waals surface area contributed by atoms with Gasteiger partial charge < -0.3 is 18.3 Å². The van der Waals surface area contributed by atoms with Gasteiger partial charge in [0.2, 0.25) is 0 Å². The van der Waals surface area contributed by atoms with Crippen LogP contribution < -0.4 is 0 Å². The summed E-state index contributed by atoms with van der Waals surface area (Å²) in [6.07, 6.45) is 0. The van der Waals surface area contributed by atoms with Gasteiger partial charge in [0.15, 0.2) is 34.9 Å². The Hall–Kier alpha value is -15.3. The van der Waals surface area contributed by atoms with Crippen molar-refractivity contribution in [3.8, 4) is 113 Å². The maximum Gasteiger partial charge on any atom is 0.164 e. The van der Waals surface area contributed by atoms with E-state index in [9.17, 15) is 0 Å². The van der Waals surface area contributed by atoms with Crippen molar-refractivity contribution in [3.63, 3.8) is 0 Å². The first-order valence-corrected chi connectivity index (χ1v) is 37.7. The molecule has 112 heavy (non-hydrogen) atoms. The minimum absolute atomic E-state index is 0.630. The summed E-state index contributed by atoms with van der Waals surface area (Å²) in [5, 5.41) is 9.83. The minimum Gasteiger partial charge on any atom is -0.309 e. The van der Waals surface area contributed by atoms with Crippen LogP contribution in [0.4, 0.5) is 0 Å². The number of hydrogen-bond donors (Lipinski definition) is 0. The summed E-state index contributed by atoms with van der Waals surface area (Å²) < 4.78 is 9.47. The van der Waals surface area contributed by atoms with Crippen molar-refractivity contribution in [2.75, 3.05) is 0 Å². The third kappa shape index (κ3) is 11.4. The molecule has 22 rings (SSSR count). The fraction of sp³-hybridized carbons (Fsp3) is 0. The highest BCUT2D eigenvalue weighted by Gasteiger charge is 2.23. The Morgan fingerprint density at radius 3 is 0.920 bits per heavy atom. The van der Waals surface area contributed by atoms with Crippen LogP contribution in [-0.2, 0) is 0 Å². The van der Waals surface area contributed by atoms with E-state index in [-0.39, 0.29) is 0 Å². The molecule has 6 heterocycles. The lowest BCUT2D eigenvalue weighted by atomic mass is 9.98. The van der Waals surface area contributed by atoms with Crippen molar-refractivity contribution in [2.24, 2.45) is 0 Å². The number of rotatable bonds is 12. The average molecular weight is 1430 g/mol. The molecule has 0 amide bonds. The SMILES string of the molecule is c1ccc(-c2nc(-c3ccccc3)nc(-c3ccc(-n4c5ccccc5c5c(-c6ccc7c(c6)c6ccccc6n7-c6ccccc6)cccc54)cc3)n2)cc1.c1ccc(-c2nc(-c3ccccc3)nc(-c3cccc(-n4c5ccccc5c5cc(-c6ccc7c8ccccc8n(-c8ccccc8)c7c6)ccc54)c3)n2)cc1. The van der Waals surface area contributed by atoms with Crippen molar-refractivity contribution < 1.29 is 0 Å². The third-order valence-corrected chi connectivity index (χ3v) is 21.5. The fourth-order valence-corrected chi connectivity index (χ4v) is 16.4. The topological polar surface area (TPSA) is 97.1 Å². The lowest BCUT2D eigenvalue weighted by Crippen LogP contribution is -2.01. The van der Waals surface area contributed by atoms with Crippen molar-refractivity contribution in [3.05, 3.63) is 400 Å². The molecule has 16 aromatic carbocycles. The van der Waals surface area contributed by atoms with Gasteiger partial charge in [0.25, 0.3) is 0 Å². The maximum absolute atomic E-state index is 5.02. The van der Waals surface area contributed by atoms with Gasteiger partial charge in [0.05, 0.1) is 44.1 Å². The van der Waals surface area contributed by atoms with Crippen LogP contribution in [0.15, 0.2) is 400 Å². The molecule has 0 aliphatic heterocycles. The van der Waals surface area contributed by atoms with Crippen LogP contribution in [0.1, 0.15) is 0 Å². The summed E-state index contributed by atoms with van der Waals surface area (Å²) in [6, 6.07) is 141. The molecule has 22 aromatic rings. The Labute approximate surface area is 645 Å². The Bertz CT molecular complexity index is 7220. The van der Waals surface area contributed by atoms with Crippen molar-refractivity contribution >= 4 is 87.2 Å². The number of para-hydroxylation sites is 6. The molecular weight excluding hydrogens is 1370 g/mol. The predicted octanol–water partition coefficient (Wildman–Crippen LogP) is 25.5. The Kier molecular flexibility index (Phi) is 16.0. The summed E-state index contributed by atoms with van der Waals surface area (Å²) >= 11 is 0. The third-order valence-electron chi connectivity index (χ3n) is 21.5. The molecule has 0 atom stereocenters. The smallest absolute Gasteiger partial charge is 0.164 e. The standard InChI is InChI=1S/2C51H33N5/c1-4-15-34(16-5-1)49-52-50(35-17-6-2-7-18-35)54-51(53-49)38-19-14-22-40(31-38)56-46-26-13-11-24-42(46)44-32-36(28-30-47(44)56)37-27-29-43-41-23-10-12-25-45(41)55(48(43)33-37)39-20-8-3-9-21-39;1-4-15-34(16-5-1)49-52-50(35-17-6-2-7-18-35)54-51(53-49)36-27-30-39(31-28-36)56-45-25-13-11-22-42(45)48-40(23-14-26-47(48)56)37-29-32-46-43(33-37)41-21-10-12-24-44(41)55(46)38-19-8-3-9-20-38/h2*1-33H. The lowest BCUT2D eigenvalue weighted by Gasteiger charge is -2.12. The van der Waals surface area contributed by atoms with E-state index in [0.717, 1.165) is 78.2 Å². The van der Waals surface area contributed by atoms with Crippen LogP contribution in [0.25, 0.3) is 201 Å². The highest BCUT2D eigenvalue weighted by Crippen LogP contribution is 2.44. The zero-order chi connectivity index (χ0) is 74.0. The molecule has 0 unspecified atom stereocenters. The highest BCUT2D eigenvalue weighted by atomic mass is 15.1. The molecule has 0 saturated heterocycles. The number of benzene rings is 16. The van der Waals surface area contributed by atoms with E-state index in [1.54, 1.807) is 0 Å². The minimum atomic E-state index is 0.630. The molecule has 0 fully saturated rings. The molecule has 0 bridgehead atoms. The molecule has 0 aliphatic carbocycles. The first-order valence-electron chi connectivity index (χ1n) is 37.7. The van der Waals surface area contributed by atoms with E-state index >= 15 is 0 Å². The van der Waals surface area contributed by atoms with Crippen molar-refractivity contribution in [1.82, 2.24) is 48.2 Å². The molecule has 0 radical (unpaired) electrons. The molecule has 524 valence electrons. The largest absolute Gasteiger partial charge is 0.309 e. The van der Waals surface area contributed by atoms with E-state index in [2.05, 4.69) is 297 Å². The second-order valence-electron chi connectivity index (χ2n) is 28.2. The van der Waals surface area contributed by atoms with Crippen LogP contribution in [0.2, 0.25) is 0 Å². The van der Waals surface area contributed by atoms with E-state index in [1.807, 2.05) is 121 Å². The van der Waals surface area contributed by atoms with E-state index in [1.165, 1.54) is 87.4 Å². The van der Waals surface area contributed by atoms with Gasteiger partial charge in [-0.3, -0.25) is 0 Å². The Morgan fingerprint density at radius 2 is 0.429 bits per heavy atom. The average Bonchev–Trinajstić information content (AvgIpc) is 1.58. The number of fused-ring (bicyclic) bond motifs is 12. The molecule has 10 nitrogen and oxygen atoms in total. The Balaban J connectivity index is 0.000000141. The molecule has 0 spiro atoms. The lowest BCUT2D eigenvalue weighted by molar-refractivity contribution is 1.07. The van der Waals surface area contributed by atoms with Crippen LogP contribution in [0.5, 0.6) is 0 Å². The molecular formula is C102H66N10. The van der Waals surface area contributed by atoms with E-state index in [4.69, 9.17) is 29.9 Å². The summed E-state index contributed by atoms with van der Waals surface area (Å²) in [4.78, 5) is 29.8. The molecule has 6 aromatic heterocycles. The van der Waals surface area contributed by atoms with Gasteiger partial charge >= 0.3 is 0 Å². The van der Waals surface area contributed by atoms with Gasteiger partial charge in [-0.2, -0.15) is 0 Å². The normalized spacial score (nSPS) is 11.6. The second-order valence-corrected chi connectivity index (χ2v) is 28.2. The van der Waals surface area contributed by atoms with Gasteiger partial charge in [-0.1, -0.05) is 279 Å². The first kappa shape index (κ1) is 65.1. The second kappa shape index (κ2) is 27.5. The highest BCUT2D eigenvalue weighted by molar-refractivity contribution is 6.18. The monoisotopic (exact) mass is 1430 g/mol. The zero-order valence-corrected chi connectivity index (χ0v) is 60.6. The van der Waals surface area contributed by atoms with Gasteiger partial charge in [-0.15, -0.1) is 0 Å². The van der Waals surface area contributed by atoms with Crippen LogP contribution in [-0.4, -0.2) is 48.2 Å². The van der Waals surface area contributed by atoms with Gasteiger partial charge in [0, 0.05) is 99.2 Å². The van der Waals surface area contributed by atoms with E-state index in [0.29, 0.717) is 34.9 Å². The number of nitrogens with zero attached hydrogens (tertiary/aromatic N) is 10. The quantitative estimate of drug-likeness (QED) is 0.121. The Morgan fingerprint density at radius 1 is 0.143 bits per heavy atom. The van der Waals surface area contributed by atoms with Crippen LogP contribution in [0.3, 0.4) is 0 Å². The van der Waals surface area contributed by atoms with Crippen LogP contribution in [0, 0.1) is 0 Å². The van der Waals surface area contributed by atoms with Crippen molar-refractivity contribution in [1.29, 1.82) is 0 Å². The summed E-state index contributed by atoms with van der Waals surface area (Å²) in [7, 11) is 0. The molecule has 0 N–H and O–H groups in total. The van der Waals surface area contributed by atoms with Gasteiger partial charge in [-0.05, 0) is 144 Å². The number of aromatic nitrogens is 10. The van der Waals surface area contributed by atoms with Gasteiger partial charge in [-0.25, -0.2) is 29.9 Å². The molecule has 0 saturated carbocycles. The van der Waals surface area contributed by atoms with Crippen molar-refractivity contribution in [2.45, 2.75) is 0 Å². The summed E-state index contributed by atoms with van der Waals surface area (Å²) in [5.74, 6) is 3.86. The predicted molar refractivity (Wildman–Crippen MR) is 460 cm³/mol. The zero-order valence-electron chi connectivity index (χ0n) is 60.6.